The highest BCUT2D eigenvalue weighted by molar-refractivity contribution is 5.40. The number of nitrogens with one attached hydrogen (secondary N) is 1. The van der Waals surface area contributed by atoms with Crippen molar-refractivity contribution in [3.63, 3.8) is 0 Å². The van der Waals surface area contributed by atoms with E-state index < -0.39 is 0 Å². The normalized spacial score (nSPS) is 12.2. The third-order valence-corrected chi connectivity index (χ3v) is 3.28. The Balaban J connectivity index is 2.53. The van der Waals surface area contributed by atoms with Gasteiger partial charge in [-0.05, 0) is 30.5 Å². The van der Waals surface area contributed by atoms with Crippen molar-refractivity contribution in [2.75, 3.05) is 7.11 Å². The molecule has 1 unspecified atom stereocenters. The van der Waals surface area contributed by atoms with E-state index in [9.17, 15) is 0 Å². The van der Waals surface area contributed by atoms with Gasteiger partial charge in [0.05, 0.1) is 13.2 Å². The average molecular weight is 258 g/mol. The Morgan fingerprint density at radius 1 is 1.21 bits per heavy atom. The number of rotatable bonds is 4. The van der Waals surface area contributed by atoms with Crippen LogP contribution in [0, 0.1) is 13.8 Å². The van der Waals surface area contributed by atoms with E-state index in [0.29, 0.717) is 11.6 Å². The van der Waals surface area contributed by atoms with Gasteiger partial charge >= 0.3 is 0 Å². The maximum Gasteiger partial charge on any atom is 0.237 e. The molecule has 0 aliphatic carbocycles. The largest absolute Gasteiger partial charge is 0.480 e. The molecule has 0 radical (unpaired) electrons. The summed E-state index contributed by atoms with van der Waals surface area (Å²) in [6.45, 7) is 4.14. The molecule has 3 N–H and O–H groups in total. The Labute approximate surface area is 112 Å². The molecule has 0 bridgehead atoms. The first-order valence-corrected chi connectivity index (χ1v) is 6.06. The Morgan fingerprint density at radius 3 is 2.63 bits per heavy atom. The molecule has 0 spiro atoms. The molecule has 0 saturated heterocycles. The van der Waals surface area contributed by atoms with Crippen molar-refractivity contribution in [2.24, 2.45) is 5.84 Å². The van der Waals surface area contributed by atoms with E-state index in [1.807, 2.05) is 12.1 Å². The van der Waals surface area contributed by atoms with Gasteiger partial charge in [0.15, 0.2) is 0 Å². The monoisotopic (exact) mass is 258 g/mol. The third-order valence-electron chi connectivity index (χ3n) is 3.28. The van der Waals surface area contributed by atoms with Gasteiger partial charge in [-0.15, -0.1) is 0 Å². The van der Waals surface area contributed by atoms with Gasteiger partial charge in [0, 0.05) is 12.4 Å². The van der Waals surface area contributed by atoms with Gasteiger partial charge in [0.2, 0.25) is 5.88 Å². The van der Waals surface area contributed by atoms with Crippen molar-refractivity contribution >= 4 is 0 Å². The lowest BCUT2D eigenvalue weighted by Gasteiger charge is -2.20. The fourth-order valence-electron chi connectivity index (χ4n) is 2.09. The lowest BCUT2D eigenvalue weighted by molar-refractivity contribution is 0.383. The molecule has 5 nitrogen and oxygen atoms in total. The molecule has 2 rings (SSSR count). The zero-order valence-corrected chi connectivity index (χ0v) is 11.3. The molecule has 1 aromatic heterocycles. The van der Waals surface area contributed by atoms with Crippen LogP contribution in [0.3, 0.4) is 0 Å². The first kappa shape index (κ1) is 13.5. The van der Waals surface area contributed by atoms with Crippen LogP contribution < -0.4 is 16.0 Å². The molecule has 2 aromatic rings. The van der Waals surface area contributed by atoms with Crippen molar-refractivity contribution in [3.8, 4) is 5.88 Å². The number of nitrogens with two attached hydrogens (primary N) is 1. The number of ether oxygens (including phenoxy) is 1. The van der Waals surface area contributed by atoms with E-state index in [2.05, 4.69) is 35.3 Å². The minimum atomic E-state index is -0.247. The highest BCUT2D eigenvalue weighted by atomic mass is 16.5. The lowest BCUT2D eigenvalue weighted by atomic mass is 9.96. The maximum atomic E-state index is 5.71. The van der Waals surface area contributed by atoms with E-state index in [1.165, 1.54) is 11.1 Å². The number of hydrogen-bond donors (Lipinski definition) is 2. The number of methoxy groups -OCH3 is 1. The highest BCUT2D eigenvalue weighted by Gasteiger charge is 2.21. The quantitative estimate of drug-likeness (QED) is 0.644. The maximum absolute atomic E-state index is 5.71. The predicted octanol–water partition coefficient (Wildman–Crippen LogP) is 1.65. The van der Waals surface area contributed by atoms with Gasteiger partial charge in [0.25, 0.3) is 0 Å². The first-order chi connectivity index (χ1) is 9.19. The standard InChI is InChI=1S/C14H18N4O/c1-9-5-4-6-11(10(9)2)12(18-15)13-14(19-3)17-8-7-16-13/h4-8,12,18H,15H2,1-3H3. The molecule has 0 saturated carbocycles. The molecule has 19 heavy (non-hydrogen) atoms. The minimum Gasteiger partial charge on any atom is -0.480 e. The molecule has 0 amide bonds. The summed E-state index contributed by atoms with van der Waals surface area (Å²) in [5.41, 5.74) is 6.93. The van der Waals surface area contributed by atoms with E-state index in [0.717, 1.165) is 5.56 Å². The van der Waals surface area contributed by atoms with Crippen LogP contribution in [0.1, 0.15) is 28.4 Å². The van der Waals surface area contributed by atoms with Crippen molar-refractivity contribution in [1.82, 2.24) is 15.4 Å². The number of hydrogen-bond acceptors (Lipinski definition) is 5. The van der Waals surface area contributed by atoms with Gasteiger partial charge in [0.1, 0.15) is 5.69 Å². The number of hydrazine groups is 1. The summed E-state index contributed by atoms with van der Waals surface area (Å²) in [5.74, 6) is 6.18. The summed E-state index contributed by atoms with van der Waals surface area (Å²) in [6, 6.07) is 5.86. The molecule has 100 valence electrons. The topological polar surface area (TPSA) is 73.1 Å². The van der Waals surface area contributed by atoms with Crippen LogP contribution in [-0.4, -0.2) is 17.1 Å². The smallest absolute Gasteiger partial charge is 0.237 e. The van der Waals surface area contributed by atoms with Crippen LogP contribution in [0.5, 0.6) is 5.88 Å². The molecular weight excluding hydrogens is 240 g/mol. The Hall–Kier alpha value is -1.98. The van der Waals surface area contributed by atoms with Gasteiger partial charge in [-0.3, -0.25) is 10.8 Å². The predicted molar refractivity (Wildman–Crippen MR) is 73.7 cm³/mol. The van der Waals surface area contributed by atoms with Crippen molar-refractivity contribution < 1.29 is 4.74 Å². The average Bonchev–Trinajstić information content (AvgIpc) is 2.45. The molecule has 0 aliphatic heterocycles. The van der Waals surface area contributed by atoms with E-state index in [4.69, 9.17) is 10.6 Å². The zero-order valence-electron chi connectivity index (χ0n) is 11.3. The Morgan fingerprint density at radius 2 is 1.95 bits per heavy atom. The molecular formula is C14H18N4O. The van der Waals surface area contributed by atoms with Crippen LogP contribution in [0.25, 0.3) is 0 Å². The fourth-order valence-corrected chi connectivity index (χ4v) is 2.09. The van der Waals surface area contributed by atoms with Crippen LogP contribution in [0.15, 0.2) is 30.6 Å². The molecule has 0 fully saturated rings. The minimum absolute atomic E-state index is 0.247. The third kappa shape index (κ3) is 2.57. The summed E-state index contributed by atoms with van der Waals surface area (Å²) in [5, 5.41) is 0. The van der Waals surface area contributed by atoms with E-state index >= 15 is 0 Å². The highest BCUT2D eigenvalue weighted by Crippen LogP contribution is 2.28. The molecule has 0 aliphatic rings. The van der Waals surface area contributed by atoms with Crippen molar-refractivity contribution in [2.45, 2.75) is 19.9 Å². The van der Waals surface area contributed by atoms with Crippen molar-refractivity contribution in [1.29, 1.82) is 0 Å². The van der Waals surface area contributed by atoms with Crippen LogP contribution >= 0.6 is 0 Å². The van der Waals surface area contributed by atoms with Gasteiger partial charge in [-0.2, -0.15) is 0 Å². The molecule has 1 aromatic carbocycles. The fraction of sp³-hybridized carbons (Fsp3) is 0.286. The number of aromatic nitrogens is 2. The second-order valence-electron chi connectivity index (χ2n) is 4.34. The van der Waals surface area contributed by atoms with Gasteiger partial charge in [-0.25, -0.2) is 10.4 Å². The first-order valence-electron chi connectivity index (χ1n) is 6.06. The van der Waals surface area contributed by atoms with Crippen LogP contribution in [-0.2, 0) is 0 Å². The lowest BCUT2D eigenvalue weighted by Crippen LogP contribution is -2.30. The Kier molecular flexibility index (Phi) is 4.09. The second-order valence-corrected chi connectivity index (χ2v) is 4.34. The summed E-state index contributed by atoms with van der Waals surface area (Å²) < 4.78 is 5.25. The summed E-state index contributed by atoms with van der Waals surface area (Å²) in [6.07, 6.45) is 3.23. The molecule has 1 heterocycles. The summed E-state index contributed by atoms with van der Waals surface area (Å²) >= 11 is 0. The summed E-state index contributed by atoms with van der Waals surface area (Å²) in [4.78, 5) is 8.50. The van der Waals surface area contributed by atoms with Gasteiger partial charge < -0.3 is 4.74 Å². The number of nitrogens with zero attached hydrogens (tertiary/aromatic N) is 2. The molecule has 1 atom stereocenters. The summed E-state index contributed by atoms with van der Waals surface area (Å²) in [7, 11) is 1.57. The van der Waals surface area contributed by atoms with E-state index in [1.54, 1.807) is 19.5 Å². The van der Waals surface area contributed by atoms with E-state index in [-0.39, 0.29) is 6.04 Å². The van der Waals surface area contributed by atoms with Gasteiger partial charge in [-0.1, -0.05) is 18.2 Å². The Bertz CT molecular complexity index is 571. The molecule has 5 heteroatoms. The SMILES string of the molecule is COc1nccnc1C(NN)c1cccc(C)c1C. The second kappa shape index (κ2) is 5.77. The number of aryl methyl sites for hydroxylation is 1. The van der Waals surface area contributed by atoms with Crippen molar-refractivity contribution in [3.05, 3.63) is 53.0 Å². The number of benzene rings is 1. The van der Waals surface area contributed by atoms with Crippen LogP contribution in [0.4, 0.5) is 0 Å². The van der Waals surface area contributed by atoms with Crippen LogP contribution in [0.2, 0.25) is 0 Å². The zero-order chi connectivity index (χ0) is 13.8.